The monoisotopic (exact) mass is 241 g/mol. The van der Waals surface area contributed by atoms with Crippen LogP contribution in [0.4, 0.5) is 0 Å². The van der Waals surface area contributed by atoms with E-state index in [1.165, 1.54) is 18.5 Å². The van der Waals surface area contributed by atoms with Crippen LogP contribution in [0.2, 0.25) is 0 Å². The van der Waals surface area contributed by atoms with Gasteiger partial charge in [0.1, 0.15) is 0 Å². The third-order valence-corrected chi connectivity index (χ3v) is 3.41. The van der Waals surface area contributed by atoms with Gasteiger partial charge in [0, 0.05) is 22.7 Å². The summed E-state index contributed by atoms with van der Waals surface area (Å²) in [6.07, 6.45) is 2.48. The summed E-state index contributed by atoms with van der Waals surface area (Å²) in [5.74, 6) is 0.250. The van der Waals surface area contributed by atoms with E-state index in [9.17, 15) is 4.79 Å². The number of rotatable bonds is 3. The van der Waals surface area contributed by atoms with E-state index in [2.05, 4.69) is 16.3 Å². The molecule has 0 bridgehead atoms. The molecule has 18 heavy (non-hydrogen) atoms. The van der Waals surface area contributed by atoms with Gasteiger partial charge < -0.3 is 5.73 Å². The number of carbonyl (C=O) groups is 1. The van der Waals surface area contributed by atoms with Crippen molar-refractivity contribution in [3.8, 4) is 11.3 Å². The molecule has 4 nitrogen and oxygen atoms in total. The fourth-order valence-corrected chi connectivity index (χ4v) is 2.13. The lowest BCUT2D eigenvalue weighted by atomic mass is 10.0. The predicted octanol–water partition coefficient (Wildman–Crippen LogP) is 2.36. The van der Waals surface area contributed by atoms with Crippen LogP contribution in [0.3, 0.4) is 0 Å². The van der Waals surface area contributed by atoms with Crippen molar-refractivity contribution in [3.05, 3.63) is 41.1 Å². The molecule has 0 spiro atoms. The first-order valence-electron chi connectivity index (χ1n) is 6.11. The van der Waals surface area contributed by atoms with Crippen LogP contribution in [0.15, 0.2) is 24.3 Å². The lowest BCUT2D eigenvalue weighted by molar-refractivity contribution is 0.1000. The standard InChI is InChI=1S/C14H15N3O/c1-8-2-3-10(6-11(8)14(15)18)13-7-12(16-17-13)9-4-5-9/h2-3,6-7,9H,4-5H2,1H3,(H2,15,18)(H,16,17). The van der Waals surface area contributed by atoms with Crippen molar-refractivity contribution in [2.45, 2.75) is 25.7 Å². The van der Waals surface area contributed by atoms with Crippen molar-refractivity contribution in [1.29, 1.82) is 0 Å². The molecular formula is C14H15N3O. The van der Waals surface area contributed by atoms with E-state index < -0.39 is 5.91 Å². The SMILES string of the molecule is Cc1ccc(-c2cc(C3CC3)[nH]n2)cc1C(N)=O. The molecule has 0 unspecified atom stereocenters. The summed E-state index contributed by atoms with van der Waals surface area (Å²) in [6, 6.07) is 7.74. The van der Waals surface area contributed by atoms with Crippen LogP contribution in [0.1, 0.15) is 40.4 Å². The van der Waals surface area contributed by atoms with Crippen LogP contribution in [0, 0.1) is 6.92 Å². The topological polar surface area (TPSA) is 71.8 Å². The second kappa shape index (κ2) is 3.98. The molecule has 0 atom stereocenters. The minimum absolute atomic E-state index is 0.396. The number of benzene rings is 1. The largest absolute Gasteiger partial charge is 0.366 e. The Labute approximate surface area is 105 Å². The average molecular weight is 241 g/mol. The number of carbonyl (C=O) groups excluding carboxylic acids is 1. The number of amides is 1. The molecule has 3 rings (SSSR count). The van der Waals surface area contributed by atoms with Crippen molar-refractivity contribution in [1.82, 2.24) is 10.2 Å². The molecule has 1 aliphatic carbocycles. The minimum atomic E-state index is -0.396. The maximum Gasteiger partial charge on any atom is 0.248 e. The fourth-order valence-electron chi connectivity index (χ4n) is 2.13. The van der Waals surface area contributed by atoms with Gasteiger partial charge in [0.05, 0.1) is 5.69 Å². The van der Waals surface area contributed by atoms with E-state index >= 15 is 0 Å². The van der Waals surface area contributed by atoms with Crippen molar-refractivity contribution in [2.75, 3.05) is 0 Å². The molecule has 1 heterocycles. The van der Waals surface area contributed by atoms with Gasteiger partial charge in [0.15, 0.2) is 0 Å². The van der Waals surface area contributed by atoms with E-state index in [1.54, 1.807) is 0 Å². The summed E-state index contributed by atoms with van der Waals surface area (Å²) < 4.78 is 0. The number of hydrogen-bond acceptors (Lipinski definition) is 2. The molecule has 3 N–H and O–H groups in total. The molecule has 1 aliphatic rings. The Kier molecular flexibility index (Phi) is 2.44. The summed E-state index contributed by atoms with van der Waals surface area (Å²) in [5, 5.41) is 7.36. The van der Waals surface area contributed by atoms with Crippen molar-refractivity contribution in [2.24, 2.45) is 5.73 Å². The predicted molar refractivity (Wildman–Crippen MR) is 69.3 cm³/mol. The van der Waals surface area contributed by atoms with Crippen molar-refractivity contribution >= 4 is 5.91 Å². The zero-order valence-electron chi connectivity index (χ0n) is 10.2. The molecule has 0 aliphatic heterocycles. The highest BCUT2D eigenvalue weighted by Crippen LogP contribution is 2.40. The highest BCUT2D eigenvalue weighted by atomic mass is 16.1. The van der Waals surface area contributed by atoms with Crippen LogP contribution >= 0.6 is 0 Å². The number of primary amides is 1. The molecule has 92 valence electrons. The summed E-state index contributed by atoms with van der Waals surface area (Å²) in [6.45, 7) is 1.88. The van der Waals surface area contributed by atoms with Crippen LogP contribution in [-0.4, -0.2) is 16.1 Å². The van der Waals surface area contributed by atoms with E-state index in [0.717, 1.165) is 16.8 Å². The number of nitrogens with zero attached hydrogens (tertiary/aromatic N) is 1. The summed E-state index contributed by atoms with van der Waals surface area (Å²) >= 11 is 0. The second-order valence-corrected chi connectivity index (χ2v) is 4.88. The van der Waals surface area contributed by atoms with Gasteiger partial charge in [-0.1, -0.05) is 12.1 Å². The Morgan fingerprint density at radius 2 is 2.17 bits per heavy atom. The highest BCUT2D eigenvalue weighted by molar-refractivity contribution is 5.95. The van der Waals surface area contributed by atoms with Gasteiger partial charge >= 0.3 is 0 Å². The van der Waals surface area contributed by atoms with Crippen LogP contribution in [-0.2, 0) is 0 Å². The number of aromatic nitrogens is 2. The number of nitrogens with two attached hydrogens (primary N) is 1. The zero-order valence-corrected chi connectivity index (χ0v) is 10.2. The first kappa shape index (κ1) is 11.0. The van der Waals surface area contributed by atoms with E-state index in [0.29, 0.717) is 11.5 Å². The maximum absolute atomic E-state index is 11.3. The molecule has 2 aromatic rings. The molecule has 1 aromatic heterocycles. The number of hydrogen-bond donors (Lipinski definition) is 2. The zero-order chi connectivity index (χ0) is 12.7. The van der Waals surface area contributed by atoms with Crippen molar-refractivity contribution < 1.29 is 4.79 Å². The van der Waals surface area contributed by atoms with Crippen LogP contribution in [0.25, 0.3) is 11.3 Å². The van der Waals surface area contributed by atoms with Gasteiger partial charge in [-0.2, -0.15) is 5.10 Å². The van der Waals surface area contributed by atoms with E-state index in [-0.39, 0.29) is 0 Å². The smallest absolute Gasteiger partial charge is 0.248 e. The van der Waals surface area contributed by atoms with Gasteiger partial charge in [-0.25, -0.2) is 0 Å². The molecule has 1 saturated carbocycles. The Balaban J connectivity index is 1.99. The van der Waals surface area contributed by atoms with Crippen LogP contribution in [0.5, 0.6) is 0 Å². The fraction of sp³-hybridized carbons (Fsp3) is 0.286. The number of aryl methyl sites for hydroxylation is 1. The first-order chi connectivity index (χ1) is 8.65. The lowest BCUT2D eigenvalue weighted by Gasteiger charge is -2.03. The average Bonchev–Trinajstić information content (AvgIpc) is 3.08. The van der Waals surface area contributed by atoms with Gasteiger partial charge in [0.2, 0.25) is 5.91 Å². The Morgan fingerprint density at radius 1 is 1.39 bits per heavy atom. The van der Waals surface area contributed by atoms with Gasteiger partial charge in [-0.15, -0.1) is 0 Å². The summed E-state index contributed by atoms with van der Waals surface area (Å²) in [5.41, 5.74) is 9.80. The molecule has 4 heteroatoms. The van der Waals surface area contributed by atoms with Crippen LogP contribution < -0.4 is 5.73 Å². The molecule has 0 radical (unpaired) electrons. The summed E-state index contributed by atoms with van der Waals surface area (Å²) in [7, 11) is 0. The van der Waals surface area contributed by atoms with E-state index in [4.69, 9.17) is 5.73 Å². The van der Waals surface area contributed by atoms with E-state index in [1.807, 2.05) is 25.1 Å². The minimum Gasteiger partial charge on any atom is -0.366 e. The second-order valence-electron chi connectivity index (χ2n) is 4.88. The molecule has 0 saturated heterocycles. The number of aromatic amines is 1. The highest BCUT2D eigenvalue weighted by Gasteiger charge is 2.25. The normalized spacial score (nSPS) is 14.7. The maximum atomic E-state index is 11.3. The molecule has 1 fully saturated rings. The Hall–Kier alpha value is -2.10. The van der Waals surface area contributed by atoms with Gasteiger partial charge in [-0.3, -0.25) is 9.89 Å². The van der Waals surface area contributed by atoms with Gasteiger partial charge in [-0.05, 0) is 37.5 Å². The summed E-state index contributed by atoms with van der Waals surface area (Å²) in [4.78, 5) is 11.3. The molecular weight excluding hydrogens is 226 g/mol. The number of H-pyrrole nitrogens is 1. The molecule has 1 aromatic carbocycles. The number of nitrogens with one attached hydrogen (secondary N) is 1. The quantitative estimate of drug-likeness (QED) is 0.865. The third kappa shape index (κ3) is 1.90. The molecule has 1 amide bonds. The first-order valence-corrected chi connectivity index (χ1v) is 6.11. The lowest BCUT2D eigenvalue weighted by Crippen LogP contribution is -2.12. The Bertz CT molecular complexity index is 611. The van der Waals surface area contributed by atoms with Crippen molar-refractivity contribution in [3.63, 3.8) is 0 Å². The Morgan fingerprint density at radius 3 is 2.83 bits per heavy atom. The third-order valence-electron chi connectivity index (χ3n) is 3.41. The van der Waals surface area contributed by atoms with Gasteiger partial charge in [0.25, 0.3) is 0 Å².